The van der Waals surface area contributed by atoms with Crippen LogP contribution in [0.15, 0.2) is 48.5 Å². The van der Waals surface area contributed by atoms with Crippen LogP contribution in [0.5, 0.6) is 11.5 Å². The molecule has 0 heterocycles. The molecule has 0 saturated heterocycles. The molecule has 0 aromatic heterocycles. The Kier molecular flexibility index (Phi) is 5.86. The van der Waals surface area contributed by atoms with Gasteiger partial charge in [0.15, 0.2) is 0 Å². The van der Waals surface area contributed by atoms with Crippen molar-refractivity contribution in [2.75, 3.05) is 30.4 Å². The first kappa shape index (κ1) is 16.7. The molecule has 0 atom stereocenters. The number of nitrogens with one attached hydrogen (secondary N) is 1. The van der Waals surface area contributed by atoms with E-state index < -0.39 is 6.09 Å². The lowest BCUT2D eigenvalue weighted by Crippen LogP contribution is -2.22. The number of ether oxygens (including phenoxy) is 2. The molecule has 5 nitrogen and oxygen atoms in total. The standard InChI is InChI=1S/C18H22N2O3/c1-4-20(5-2)15-7-6-8-17(13-15)23-18(21)19-14-9-11-16(22-3)12-10-14/h6-13H,4-5H2,1-3H3,(H,19,21). The quantitative estimate of drug-likeness (QED) is 0.870. The molecule has 0 radical (unpaired) electrons. The number of hydrogen-bond acceptors (Lipinski definition) is 4. The van der Waals surface area contributed by atoms with E-state index >= 15 is 0 Å². The third kappa shape index (κ3) is 4.64. The second-order valence-electron chi connectivity index (χ2n) is 4.91. The summed E-state index contributed by atoms with van der Waals surface area (Å²) >= 11 is 0. The van der Waals surface area contributed by atoms with Crippen molar-refractivity contribution in [1.82, 2.24) is 0 Å². The first-order chi connectivity index (χ1) is 11.2. The van der Waals surface area contributed by atoms with Crippen LogP contribution in [0, 0.1) is 0 Å². The molecule has 1 amide bonds. The number of rotatable bonds is 6. The fourth-order valence-electron chi connectivity index (χ4n) is 2.26. The van der Waals surface area contributed by atoms with Crippen LogP contribution in [0.1, 0.15) is 13.8 Å². The van der Waals surface area contributed by atoms with Crippen LogP contribution in [-0.4, -0.2) is 26.3 Å². The van der Waals surface area contributed by atoms with E-state index in [4.69, 9.17) is 9.47 Å². The third-order valence-electron chi connectivity index (χ3n) is 3.49. The second kappa shape index (κ2) is 8.08. The van der Waals surface area contributed by atoms with Gasteiger partial charge >= 0.3 is 6.09 Å². The topological polar surface area (TPSA) is 50.8 Å². The van der Waals surface area contributed by atoms with Gasteiger partial charge in [-0.2, -0.15) is 0 Å². The Morgan fingerprint density at radius 3 is 2.35 bits per heavy atom. The summed E-state index contributed by atoms with van der Waals surface area (Å²) in [5.41, 5.74) is 1.68. The normalized spacial score (nSPS) is 10.0. The van der Waals surface area contributed by atoms with Crippen molar-refractivity contribution in [3.63, 3.8) is 0 Å². The van der Waals surface area contributed by atoms with E-state index in [1.165, 1.54) is 0 Å². The molecule has 2 aromatic rings. The van der Waals surface area contributed by atoms with Gasteiger partial charge in [-0.15, -0.1) is 0 Å². The Morgan fingerprint density at radius 1 is 1.04 bits per heavy atom. The number of benzene rings is 2. The van der Waals surface area contributed by atoms with E-state index in [2.05, 4.69) is 24.1 Å². The second-order valence-corrected chi connectivity index (χ2v) is 4.91. The van der Waals surface area contributed by atoms with Gasteiger partial charge in [-0.25, -0.2) is 4.79 Å². The van der Waals surface area contributed by atoms with Gasteiger partial charge in [0.2, 0.25) is 0 Å². The number of carbonyl (C=O) groups excluding carboxylic acids is 1. The molecule has 2 aromatic carbocycles. The van der Waals surface area contributed by atoms with Crippen LogP contribution >= 0.6 is 0 Å². The summed E-state index contributed by atoms with van der Waals surface area (Å²) in [7, 11) is 1.60. The minimum atomic E-state index is -0.521. The lowest BCUT2D eigenvalue weighted by atomic mass is 10.2. The lowest BCUT2D eigenvalue weighted by Gasteiger charge is -2.21. The molecule has 23 heavy (non-hydrogen) atoms. The van der Waals surface area contributed by atoms with Crippen molar-refractivity contribution >= 4 is 17.5 Å². The molecule has 0 fully saturated rings. The lowest BCUT2D eigenvalue weighted by molar-refractivity contribution is 0.215. The van der Waals surface area contributed by atoms with Crippen molar-refractivity contribution in [3.8, 4) is 11.5 Å². The number of nitrogens with zero attached hydrogens (tertiary/aromatic N) is 1. The van der Waals surface area contributed by atoms with Gasteiger partial charge in [0, 0.05) is 30.5 Å². The van der Waals surface area contributed by atoms with E-state index in [0.29, 0.717) is 11.4 Å². The highest BCUT2D eigenvalue weighted by molar-refractivity contribution is 5.86. The Bertz CT molecular complexity index is 637. The number of hydrogen-bond donors (Lipinski definition) is 1. The maximum absolute atomic E-state index is 12.0. The first-order valence-electron chi connectivity index (χ1n) is 7.64. The van der Waals surface area contributed by atoms with Crippen molar-refractivity contribution < 1.29 is 14.3 Å². The minimum absolute atomic E-state index is 0.514. The molecule has 0 unspecified atom stereocenters. The molecular weight excluding hydrogens is 292 g/mol. The van der Waals surface area contributed by atoms with E-state index in [9.17, 15) is 4.79 Å². The van der Waals surface area contributed by atoms with E-state index in [0.717, 1.165) is 24.5 Å². The molecular formula is C18H22N2O3. The third-order valence-corrected chi connectivity index (χ3v) is 3.49. The predicted octanol–water partition coefficient (Wildman–Crippen LogP) is 4.15. The van der Waals surface area contributed by atoms with E-state index in [-0.39, 0.29) is 0 Å². The highest BCUT2D eigenvalue weighted by atomic mass is 16.6. The monoisotopic (exact) mass is 314 g/mol. The SMILES string of the molecule is CCN(CC)c1cccc(OC(=O)Nc2ccc(OC)cc2)c1. The van der Waals surface area contributed by atoms with Gasteiger partial charge in [0.1, 0.15) is 11.5 Å². The fourth-order valence-corrected chi connectivity index (χ4v) is 2.26. The summed E-state index contributed by atoms with van der Waals surface area (Å²) in [5.74, 6) is 1.25. The van der Waals surface area contributed by atoms with Crippen LogP contribution in [0.3, 0.4) is 0 Å². The van der Waals surface area contributed by atoms with Crippen molar-refractivity contribution in [3.05, 3.63) is 48.5 Å². The van der Waals surface area contributed by atoms with E-state index in [1.807, 2.05) is 18.2 Å². The van der Waals surface area contributed by atoms with Crippen LogP contribution in [0.2, 0.25) is 0 Å². The van der Waals surface area contributed by atoms with E-state index in [1.54, 1.807) is 37.4 Å². The maximum atomic E-state index is 12.0. The van der Waals surface area contributed by atoms with Crippen molar-refractivity contribution in [1.29, 1.82) is 0 Å². The Balaban J connectivity index is 2.00. The smallest absolute Gasteiger partial charge is 0.417 e. The molecule has 0 aliphatic rings. The number of anilines is 2. The van der Waals surface area contributed by atoms with Crippen molar-refractivity contribution in [2.45, 2.75) is 13.8 Å². The summed E-state index contributed by atoms with van der Waals surface area (Å²) in [4.78, 5) is 14.2. The molecule has 5 heteroatoms. The molecule has 2 rings (SSSR count). The summed E-state index contributed by atoms with van der Waals surface area (Å²) in [6.45, 7) is 5.98. The highest BCUT2D eigenvalue weighted by Gasteiger charge is 2.08. The number of amides is 1. The Labute approximate surface area is 136 Å². The number of carbonyl (C=O) groups is 1. The molecule has 0 aliphatic heterocycles. The molecule has 0 bridgehead atoms. The number of methoxy groups -OCH3 is 1. The van der Waals surface area contributed by atoms with Gasteiger partial charge < -0.3 is 14.4 Å². The average Bonchev–Trinajstić information content (AvgIpc) is 2.57. The fraction of sp³-hybridized carbons (Fsp3) is 0.278. The van der Waals surface area contributed by atoms with Gasteiger partial charge in [-0.1, -0.05) is 6.07 Å². The zero-order valence-corrected chi connectivity index (χ0v) is 13.7. The molecule has 1 N–H and O–H groups in total. The molecule has 0 saturated carbocycles. The van der Waals surface area contributed by atoms with Gasteiger partial charge in [-0.3, -0.25) is 5.32 Å². The largest absolute Gasteiger partial charge is 0.497 e. The summed E-state index contributed by atoms with van der Waals surface area (Å²) in [5, 5.41) is 2.69. The van der Waals surface area contributed by atoms with Crippen molar-refractivity contribution in [2.24, 2.45) is 0 Å². The summed E-state index contributed by atoms with van der Waals surface area (Å²) in [6, 6.07) is 14.6. The van der Waals surface area contributed by atoms with Gasteiger partial charge in [0.25, 0.3) is 0 Å². The van der Waals surface area contributed by atoms with Gasteiger partial charge in [-0.05, 0) is 50.2 Å². The zero-order chi connectivity index (χ0) is 16.7. The Morgan fingerprint density at radius 2 is 1.74 bits per heavy atom. The first-order valence-corrected chi connectivity index (χ1v) is 7.64. The minimum Gasteiger partial charge on any atom is -0.497 e. The van der Waals surface area contributed by atoms with Crippen LogP contribution in [0.4, 0.5) is 16.2 Å². The Hall–Kier alpha value is -2.69. The van der Waals surface area contributed by atoms with Crippen LogP contribution < -0.4 is 19.7 Å². The van der Waals surface area contributed by atoms with Crippen LogP contribution in [0.25, 0.3) is 0 Å². The highest BCUT2D eigenvalue weighted by Crippen LogP contribution is 2.22. The van der Waals surface area contributed by atoms with Gasteiger partial charge in [0.05, 0.1) is 7.11 Å². The molecule has 0 aliphatic carbocycles. The summed E-state index contributed by atoms with van der Waals surface area (Å²) in [6.07, 6.45) is -0.521. The predicted molar refractivity (Wildman–Crippen MR) is 92.6 cm³/mol. The molecule has 122 valence electrons. The van der Waals surface area contributed by atoms with Crippen LogP contribution in [-0.2, 0) is 0 Å². The summed E-state index contributed by atoms with van der Waals surface area (Å²) < 4.78 is 10.4. The maximum Gasteiger partial charge on any atom is 0.417 e. The molecule has 0 spiro atoms. The zero-order valence-electron chi connectivity index (χ0n) is 13.7. The average molecular weight is 314 g/mol.